The first-order valence-electron chi connectivity index (χ1n) is 11.4. The minimum Gasteiger partial charge on any atom is -0.489 e. The summed E-state index contributed by atoms with van der Waals surface area (Å²) in [5.41, 5.74) is 1.84. The maximum atomic E-state index is 13.7. The van der Waals surface area contributed by atoms with Crippen molar-refractivity contribution in [1.29, 1.82) is 0 Å². The lowest BCUT2D eigenvalue weighted by atomic mass is 9.84. The smallest absolute Gasteiger partial charge is 0.418 e. The molecule has 33 heavy (non-hydrogen) atoms. The molecule has 0 spiro atoms. The van der Waals surface area contributed by atoms with Gasteiger partial charge in [0.05, 0.1) is 17.2 Å². The number of hydrogen-bond donors (Lipinski definition) is 1. The molecule has 1 aromatic carbocycles. The van der Waals surface area contributed by atoms with Crippen molar-refractivity contribution in [2.45, 2.75) is 64.3 Å². The molecule has 8 heteroatoms. The normalized spacial score (nSPS) is 18.2. The van der Waals surface area contributed by atoms with Gasteiger partial charge in [-0.1, -0.05) is 31.4 Å². The zero-order valence-electron chi connectivity index (χ0n) is 18.7. The van der Waals surface area contributed by atoms with E-state index in [0.29, 0.717) is 30.9 Å². The van der Waals surface area contributed by atoms with Crippen LogP contribution in [0.5, 0.6) is 5.75 Å². The number of likely N-dealkylation sites (tertiary alicyclic amines) is 1. The van der Waals surface area contributed by atoms with Crippen LogP contribution in [0.1, 0.15) is 66.0 Å². The Bertz CT molecular complexity index is 997. The fourth-order valence-corrected chi connectivity index (χ4v) is 4.77. The van der Waals surface area contributed by atoms with Crippen LogP contribution in [-0.2, 0) is 24.1 Å². The number of alkyl halides is 3. The Morgan fingerprint density at radius 2 is 1.88 bits per heavy atom. The third-order valence-corrected chi connectivity index (χ3v) is 6.62. The molecule has 2 fully saturated rings. The highest BCUT2D eigenvalue weighted by atomic mass is 19.4. The first-order chi connectivity index (χ1) is 15.7. The number of carbonyl (C=O) groups is 1. The summed E-state index contributed by atoms with van der Waals surface area (Å²) in [6.07, 6.45) is 1.54. The highest BCUT2D eigenvalue weighted by Gasteiger charge is 2.37. The number of pyridine rings is 1. The summed E-state index contributed by atoms with van der Waals surface area (Å²) >= 11 is 0. The van der Waals surface area contributed by atoms with E-state index < -0.39 is 17.7 Å². The van der Waals surface area contributed by atoms with Crippen LogP contribution >= 0.6 is 0 Å². The van der Waals surface area contributed by atoms with Crippen molar-refractivity contribution in [2.75, 3.05) is 13.1 Å². The molecule has 178 valence electrons. The molecule has 2 aliphatic rings. The van der Waals surface area contributed by atoms with E-state index in [1.165, 1.54) is 12.3 Å². The lowest BCUT2D eigenvalue weighted by Crippen LogP contribution is -2.49. The largest absolute Gasteiger partial charge is 0.489 e. The van der Waals surface area contributed by atoms with E-state index in [2.05, 4.69) is 9.88 Å². The molecule has 5 nitrogen and oxygen atoms in total. The molecule has 0 amide bonds. The predicted octanol–water partition coefficient (Wildman–Crippen LogP) is 5.55. The number of nitrogens with zero attached hydrogens (tertiary/aromatic N) is 2. The monoisotopic (exact) mass is 462 g/mol. The van der Waals surface area contributed by atoms with E-state index in [0.717, 1.165) is 43.2 Å². The van der Waals surface area contributed by atoms with Crippen molar-refractivity contribution in [2.24, 2.45) is 5.92 Å². The fourth-order valence-electron chi connectivity index (χ4n) is 4.77. The molecule has 0 bridgehead atoms. The number of carboxylic acids is 1. The van der Waals surface area contributed by atoms with Crippen LogP contribution in [0.2, 0.25) is 0 Å². The Labute approximate surface area is 191 Å². The molecule has 0 unspecified atom stereocenters. The third-order valence-electron chi connectivity index (χ3n) is 6.62. The topological polar surface area (TPSA) is 62.7 Å². The SMILES string of the molecule is Cc1cc(CN2CC(C(=O)O)C2)ccc1OCc1cnc(C2CCCCC2)c(C(F)(F)F)c1. The molecule has 4 rings (SSSR count). The van der Waals surface area contributed by atoms with Gasteiger partial charge in [-0.05, 0) is 43.0 Å². The minimum absolute atomic E-state index is 0.00757. The Kier molecular flexibility index (Phi) is 6.93. The lowest BCUT2D eigenvalue weighted by molar-refractivity contribution is -0.147. The number of aliphatic carboxylic acids is 1. The summed E-state index contributed by atoms with van der Waals surface area (Å²) in [6, 6.07) is 6.87. The second-order valence-corrected chi connectivity index (χ2v) is 9.23. The first-order valence-corrected chi connectivity index (χ1v) is 11.4. The summed E-state index contributed by atoms with van der Waals surface area (Å²) in [6.45, 7) is 3.64. The molecule has 1 aliphatic carbocycles. The van der Waals surface area contributed by atoms with E-state index in [4.69, 9.17) is 9.84 Å². The third kappa shape index (κ3) is 5.66. The molecule has 2 aromatic rings. The molecule has 0 radical (unpaired) electrons. The highest BCUT2D eigenvalue weighted by Crippen LogP contribution is 2.40. The maximum Gasteiger partial charge on any atom is 0.418 e. The average Bonchev–Trinajstić information content (AvgIpc) is 2.75. The van der Waals surface area contributed by atoms with Crippen molar-refractivity contribution in [1.82, 2.24) is 9.88 Å². The fraction of sp³-hybridized carbons (Fsp3) is 0.520. The molecule has 1 aromatic heterocycles. The van der Waals surface area contributed by atoms with Gasteiger partial charge in [0.2, 0.25) is 0 Å². The van der Waals surface area contributed by atoms with Gasteiger partial charge in [0, 0.05) is 37.3 Å². The van der Waals surface area contributed by atoms with E-state index in [1.807, 2.05) is 25.1 Å². The average molecular weight is 463 g/mol. The van der Waals surface area contributed by atoms with Gasteiger partial charge in [-0.3, -0.25) is 14.7 Å². The van der Waals surface area contributed by atoms with Crippen molar-refractivity contribution >= 4 is 5.97 Å². The second kappa shape index (κ2) is 9.71. The van der Waals surface area contributed by atoms with Gasteiger partial charge in [0.25, 0.3) is 0 Å². The lowest BCUT2D eigenvalue weighted by Gasteiger charge is -2.36. The molecule has 0 atom stereocenters. The molecule has 1 saturated carbocycles. The van der Waals surface area contributed by atoms with Crippen LogP contribution in [0.15, 0.2) is 30.5 Å². The number of halogens is 3. The number of carboxylic acid groups (broad SMARTS) is 1. The van der Waals surface area contributed by atoms with Gasteiger partial charge in [-0.15, -0.1) is 0 Å². The Balaban J connectivity index is 1.40. The number of benzene rings is 1. The summed E-state index contributed by atoms with van der Waals surface area (Å²) in [5.74, 6) is -0.581. The van der Waals surface area contributed by atoms with Crippen LogP contribution in [0.4, 0.5) is 13.2 Å². The van der Waals surface area contributed by atoms with Crippen LogP contribution in [0.3, 0.4) is 0 Å². The Morgan fingerprint density at radius 1 is 1.15 bits per heavy atom. The number of ether oxygens (including phenoxy) is 1. The van der Waals surface area contributed by atoms with Crippen molar-refractivity contribution in [3.63, 3.8) is 0 Å². The standard InChI is InChI=1S/C25H29F3N2O3/c1-16-9-17(12-30-13-20(14-30)24(31)32)7-8-22(16)33-15-18-10-21(25(26,27)28)23(29-11-18)19-5-3-2-4-6-19/h7-11,19-20H,2-6,12-15H2,1H3,(H,31,32). The van der Waals surface area contributed by atoms with Crippen LogP contribution in [0, 0.1) is 12.8 Å². The van der Waals surface area contributed by atoms with E-state index in [1.54, 1.807) is 0 Å². The summed E-state index contributed by atoms with van der Waals surface area (Å²) < 4.78 is 47.1. The summed E-state index contributed by atoms with van der Waals surface area (Å²) in [5, 5.41) is 8.98. The highest BCUT2D eigenvalue weighted by molar-refractivity contribution is 5.71. The minimum atomic E-state index is -4.44. The number of hydrogen-bond acceptors (Lipinski definition) is 4. The quantitative estimate of drug-likeness (QED) is 0.584. The second-order valence-electron chi connectivity index (χ2n) is 9.23. The molecule has 2 heterocycles. The van der Waals surface area contributed by atoms with Crippen LogP contribution in [0.25, 0.3) is 0 Å². The first kappa shape index (κ1) is 23.5. The van der Waals surface area contributed by atoms with Gasteiger partial charge >= 0.3 is 12.1 Å². The zero-order chi connectivity index (χ0) is 23.6. The van der Waals surface area contributed by atoms with Crippen LogP contribution < -0.4 is 4.74 Å². The number of aromatic nitrogens is 1. The molecule has 1 saturated heterocycles. The van der Waals surface area contributed by atoms with Gasteiger partial charge in [-0.2, -0.15) is 13.2 Å². The number of rotatable bonds is 7. The Hall–Kier alpha value is -2.61. The number of aryl methyl sites for hydroxylation is 1. The zero-order valence-corrected chi connectivity index (χ0v) is 18.7. The van der Waals surface area contributed by atoms with Gasteiger partial charge in [0.1, 0.15) is 12.4 Å². The van der Waals surface area contributed by atoms with Crippen molar-refractivity contribution in [3.8, 4) is 5.75 Å². The van der Waals surface area contributed by atoms with Crippen molar-refractivity contribution < 1.29 is 27.8 Å². The summed E-state index contributed by atoms with van der Waals surface area (Å²) in [7, 11) is 0. The van der Waals surface area contributed by atoms with Gasteiger partial charge in [0.15, 0.2) is 0 Å². The van der Waals surface area contributed by atoms with E-state index >= 15 is 0 Å². The van der Waals surface area contributed by atoms with Crippen molar-refractivity contribution in [3.05, 3.63) is 58.4 Å². The predicted molar refractivity (Wildman–Crippen MR) is 117 cm³/mol. The molecular formula is C25H29F3N2O3. The van der Waals surface area contributed by atoms with Gasteiger partial charge < -0.3 is 9.84 Å². The molecule has 1 N–H and O–H groups in total. The summed E-state index contributed by atoms with van der Waals surface area (Å²) in [4.78, 5) is 17.2. The molecular weight excluding hydrogens is 433 g/mol. The Morgan fingerprint density at radius 3 is 2.52 bits per heavy atom. The van der Waals surface area contributed by atoms with Crippen LogP contribution in [-0.4, -0.2) is 34.0 Å². The van der Waals surface area contributed by atoms with E-state index in [9.17, 15) is 18.0 Å². The maximum absolute atomic E-state index is 13.7. The molecule has 1 aliphatic heterocycles. The van der Waals surface area contributed by atoms with Gasteiger partial charge in [-0.25, -0.2) is 0 Å². The van der Waals surface area contributed by atoms with E-state index in [-0.39, 0.29) is 24.1 Å².